The Kier molecular flexibility index (Phi) is 5.26. The third-order valence-electron chi connectivity index (χ3n) is 6.19. The predicted molar refractivity (Wildman–Crippen MR) is 144 cm³/mol. The van der Waals surface area contributed by atoms with Gasteiger partial charge in [0.2, 0.25) is 5.91 Å². The largest absolute Gasteiger partial charge is 0.353 e. The molecule has 0 radical (unpaired) electrons. The van der Waals surface area contributed by atoms with E-state index in [-0.39, 0.29) is 5.91 Å². The highest BCUT2D eigenvalue weighted by molar-refractivity contribution is 6.00. The van der Waals surface area contributed by atoms with Crippen LogP contribution in [0.2, 0.25) is 0 Å². The van der Waals surface area contributed by atoms with Gasteiger partial charge in [0, 0.05) is 69.4 Å². The second-order valence-corrected chi connectivity index (χ2v) is 9.90. The van der Waals surface area contributed by atoms with Crippen LogP contribution in [0, 0.1) is 5.41 Å². The number of aromatic nitrogens is 7. The standard InChI is InChI=1S/C28H24N8O/c1-28(2,3)27(37)33-19-10-17(13-30-15-19)18-11-21-25(35-36-26(21)32-14-18)23-12-20-22(34-23)6-9-31-24(20)16-4-7-29-8-5-16/h4-15,34H,1-3H3,(H,33,37)(H,32,35,36). The molecule has 6 rings (SSSR count). The number of amides is 1. The number of rotatable bonds is 4. The highest BCUT2D eigenvalue weighted by atomic mass is 16.2. The normalized spacial score (nSPS) is 11.8. The fraction of sp³-hybridized carbons (Fsp3) is 0.143. The first-order valence-electron chi connectivity index (χ1n) is 11.9. The highest BCUT2D eigenvalue weighted by Gasteiger charge is 2.21. The summed E-state index contributed by atoms with van der Waals surface area (Å²) in [5.74, 6) is -0.0726. The fourth-order valence-electron chi connectivity index (χ4n) is 4.18. The summed E-state index contributed by atoms with van der Waals surface area (Å²) in [7, 11) is 0. The van der Waals surface area contributed by atoms with E-state index in [1.54, 1.807) is 37.2 Å². The molecule has 0 fully saturated rings. The quantitative estimate of drug-likeness (QED) is 0.296. The van der Waals surface area contributed by atoms with Crippen molar-refractivity contribution in [3.8, 4) is 33.8 Å². The molecule has 1 amide bonds. The highest BCUT2D eigenvalue weighted by Crippen LogP contribution is 2.34. The van der Waals surface area contributed by atoms with Crippen molar-refractivity contribution in [2.75, 3.05) is 5.32 Å². The van der Waals surface area contributed by atoms with Crippen LogP contribution in [-0.2, 0) is 4.79 Å². The molecular formula is C28H24N8O. The van der Waals surface area contributed by atoms with E-state index in [0.717, 1.165) is 50.1 Å². The summed E-state index contributed by atoms with van der Waals surface area (Å²) in [6.45, 7) is 5.62. The van der Waals surface area contributed by atoms with Crippen molar-refractivity contribution in [1.29, 1.82) is 0 Å². The molecule has 0 spiro atoms. The van der Waals surface area contributed by atoms with Crippen LogP contribution in [0.15, 0.2) is 73.6 Å². The van der Waals surface area contributed by atoms with E-state index < -0.39 is 5.41 Å². The van der Waals surface area contributed by atoms with Crippen LogP contribution < -0.4 is 5.32 Å². The van der Waals surface area contributed by atoms with Crippen LogP contribution in [0.1, 0.15) is 20.8 Å². The number of hydrogen-bond acceptors (Lipinski definition) is 6. The molecule has 0 aromatic carbocycles. The minimum atomic E-state index is -0.505. The van der Waals surface area contributed by atoms with E-state index in [2.05, 4.69) is 46.5 Å². The molecule has 182 valence electrons. The van der Waals surface area contributed by atoms with E-state index >= 15 is 0 Å². The van der Waals surface area contributed by atoms with Crippen molar-refractivity contribution in [3.63, 3.8) is 0 Å². The fourth-order valence-corrected chi connectivity index (χ4v) is 4.18. The Hall–Kier alpha value is -4.92. The van der Waals surface area contributed by atoms with Crippen LogP contribution >= 0.6 is 0 Å². The smallest absolute Gasteiger partial charge is 0.229 e. The van der Waals surface area contributed by atoms with Crippen LogP contribution in [0.5, 0.6) is 0 Å². The van der Waals surface area contributed by atoms with Gasteiger partial charge >= 0.3 is 0 Å². The Bertz CT molecular complexity index is 1760. The number of aromatic amines is 2. The summed E-state index contributed by atoms with van der Waals surface area (Å²) < 4.78 is 0. The second-order valence-electron chi connectivity index (χ2n) is 9.90. The zero-order valence-corrected chi connectivity index (χ0v) is 20.6. The first kappa shape index (κ1) is 22.5. The second kappa shape index (κ2) is 8.63. The molecule has 0 aliphatic rings. The minimum absolute atomic E-state index is 0.0726. The van der Waals surface area contributed by atoms with Crippen molar-refractivity contribution in [3.05, 3.63) is 73.6 Å². The molecule has 37 heavy (non-hydrogen) atoms. The third kappa shape index (κ3) is 4.20. The first-order valence-corrected chi connectivity index (χ1v) is 11.9. The number of nitrogens with zero attached hydrogens (tertiary/aromatic N) is 5. The molecule has 0 unspecified atom stereocenters. The van der Waals surface area contributed by atoms with Gasteiger partial charge in [-0.05, 0) is 36.4 Å². The van der Waals surface area contributed by atoms with Gasteiger partial charge in [0.05, 0.1) is 29.0 Å². The minimum Gasteiger partial charge on any atom is -0.353 e. The zero-order valence-electron chi connectivity index (χ0n) is 20.6. The van der Waals surface area contributed by atoms with Crippen molar-refractivity contribution in [2.24, 2.45) is 5.41 Å². The third-order valence-corrected chi connectivity index (χ3v) is 6.19. The van der Waals surface area contributed by atoms with Crippen molar-refractivity contribution in [1.82, 2.24) is 35.1 Å². The molecule has 0 atom stereocenters. The Morgan fingerprint density at radius 1 is 0.838 bits per heavy atom. The van der Waals surface area contributed by atoms with Crippen molar-refractivity contribution < 1.29 is 4.79 Å². The number of anilines is 1. The molecule has 0 saturated heterocycles. The van der Waals surface area contributed by atoms with Gasteiger partial charge in [-0.3, -0.25) is 24.8 Å². The maximum absolute atomic E-state index is 12.4. The Morgan fingerprint density at radius 3 is 2.46 bits per heavy atom. The summed E-state index contributed by atoms with van der Waals surface area (Å²) in [4.78, 5) is 33.5. The van der Waals surface area contributed by atoms with E-state index in [1.165, 1.54) is 0 Å². The molecule has 0 aliphatic carbocycles. The monoisotopic (exact) mass is 488 g/mol. The van der Waals surface area contributed by atoms with E-state index in [1.807, 2.05) is 51.1 Å². The molecule has 0 aliphatic heterocycles. The van der Waals surface area contributed by atoms with Gasteiger partial charge in [-0.1, -0.05) is 20.8 Å². The van der Waals surface area contributed by atoms with Crippen LogP contribution in [-0.4, -0.2) is 41.0 Å². The summed E-state index contributed by atoms with van der Waals surface area (Å²) >= 11 is 0. The summed E-state index contributed by atoms with van der Waals surface area (Å²) in [5.41, 5.74) is 6.99. The molecule has 6 heterocycles. The maximum atomic E-state index is 12.4. The summed E-state index contributed by atoms with van der Waals surface area (Å²) in [6.07, 6.45) is 10.5. The number of fused-ring (bicyclic) bond motifs is 2. The lowest BCUT2D eigenvalue weighted by Gasteiger charge is -2.17. The van der Waals surface area contributed by atoms with Crippen LogP contribution in [0.4, 0.5) is 5.69 Å². The Balaban J connectivity index is 1.40. The number of H-pyrrole nitrogens is 2. The van der Waals surface area contributed by atoms with Gasteiger partial charge in [0.15, 0.2) is 5.65 Å². The van der Waals surface area contributed by atoms with Gasteiger partial charge in [0.25, 0.3) is 0 Å². The van der Waals surface area contributed by atoms with Gasteiger partial charge in [-0.2, -0.15) is 5.10 Å². The summed E-state index contributed by atoms with van der Waals surface area (Å²) in [5, 5.41) is 12.4. The van der Waals surface area contributed by atoms with Gasteiger partial charge in [0.1, 0.15) is 0 Å². The maximum Gasteiger partial charge on any atom is 0.229 e. The Morgan fingerprint density at radius 2 is 1.65 bits per heavy atom. The summed E-state index contributed by atoms with van der Waals surface area (Å²) in [6, 6.07) is 11.8. The van der Waals surface area contributed by atoms with Crippen LogP contribution in [0.3, 0.4) is 0 Å². The lowest BCUT2D eigenvalue weighted by Crippen LogP contribution is -2.27. The molecule has 9 heteroatoms. The van der Waals surface area contributed by atoms with E-state index in [4.69, 9.17) is 0 Å². The topological polar surface area (TPSA) is 125 Å². The number of nitrogens with one attached hydrogen (secondary N) is 3. The molecular weight excluding hydrogens is 464 g/mol. The molecule has 0 saturated carbocycles. The predicted octanol–water partition coefficient (Wildman–Crippen LogP) is 5.61. The van der Waals surface area contributed by atoms with Gasteiger partial charge < -0.3 is 10.3 Å². The average Bonchev–Trinajstić information content (AvgIpc) is 3.52. The van der Waals surface area contributed by atoms with Crippen molar-refractivity contribution in [2.45, 2.75) is 20.8 Å². The first-order chi connectivity index (χ1) is 17.9. The van der Waals surface area contributed by atoms with Gasteiger partial charge in [-0.15, -0.1) is 0 Å². The molecule has 9 nitrogen and oxygen atoms in total. The van der Waals surface area contributed by atoms with E-state index in [9.17, 15) is 4.79 Å². The van der Waals surface area contributed by atoms with Crippen LogP contribution in [0.25, 0.3) is 55.7 Å². The lowest BCUT2D eigenvalue weighted by atomic mass is 9.95. The average molecular weight is 489 g/mol. The number of carbonyl (C=O) groups excluding carboxylic acids is 1. The lowest BCUT2D eigenvalue weighted by molar-refractivity contribution is -0.123. The number of carbonyl (C=O) groups is 1. The molecule has 6 aromatic heterocycles. The number of pyridine rings is 4. The Labute approximate surface area is 212 Å². The zero-order chi connectivity index (χ0) is 25.6. The number of hydrogen-bond donors (Lipinski definition) is 3. The van der Waals surface area contributed by atoms with E-state index in [0.29, 0.717) is 11.3 Å². The molecule has 6 aromatic rings. The SMILES string of the molecule is CC(C)(C)C(=O)Nc1cncc(-c2cnc3n[nH]c(-c4cc5c(-c6ccncc6)nccc5[nH]4)c3c2)c1. The van der Waals surface area contributed by atoms with Crippen molar-refractivity contribution >= 4 is 33.5 Å². The molecule has 0 bridgehead atoms. The molecule has 3 N–H and O–H groups in total. The van der Waals surface area contributed by atoms with Gasteiger partial charge in [-0.25, -0.2) is 4.98 Å².